The zero-order chi connectivity index (χ0) is 20.2. The molecule has 0 bridgehead atoms. The standard InChI is InChI=1S/C23H23ClN4O/c1-17-6-8-18(9-7-17)21-15-22(26-16-25-21)27-10-12-28(13-11-27)23(29)14-19-4-2-3-5-20(19)24/h2-9,15-16H,10-14H2,1H3. The average molecular weight is 407 g/mol. The number of benzene rings is 2. The van der Waals surface area contributed by atoms with Gasteiger partial charge in [-0.3, -0.25) is 4.79 Å². The van der Waals surface area contributed by atoms with Crippen LogP contribution in [0.15, 0.2) is 60.9 Å². The molecule has 1 saturated heterocycles. The zero-order valence-corrected chi connectivity index (χ0v) is 17.1. The fourth-order valence-electron chi connectivity index (χ4n) is 3.50. The van der Waals surface area contributed by atoms with Gasteiger partial charge in [0.1, 0.15) is 12.1 Å². The van der Waals surface area contributed by atoms with Crippen LogP contribution < -0.4 is 4.90 Å². The Morgan fingerprint density at radius 1 is 1.00 bits per heavy atom. The van der Waals surface area contributed by atoms with Gasteiger partial charge in [-0.15, -0.1) is 0 Å². The van der Waals surface area contributed by atoms with E-state index in [2.05, 4.69) is 46.1 Å². The lowest BCUT2D eigenvalue weighted by atomic mass is 10.1. The first-order valence-electron chi connectivity index (χ1n) is 9.75. The molecule has 1 amide bonds. The van der Waals surface area contributed by atoms with Gasteiger partial charge in [0.25, 0.3) is 0 Å². The van der Waals surface area contributed by atoms with Crippen LogP contribution in [0.1, 0.15) is 11.1 Å². The molecular formula is C23H23ClN4O. The van der Waals surface area contributed by atoms with Crippen molar-refractivity contribution < 1.29 is 4.79 Å². The molecule has 3 aromatic rings. The molecule has 0 spiro atoms. The summed E-state index contributed by atoms with van der Waals surface area (Å²) in [5.74, 6) is 1.01. The number of rotatable bonds is 4. The van der Waals surface area contributed by atoms with Crippen LogP contribution in [0.5, 0.6) is 0 Å². The molecule has 0 atom stereocenters. The van der Waals surface area contributed by atoms with E-state index < -0.39 is 0 Å². The molecule has 1 aromatic heterocycles. The predicted octanol–water partition coefficient (Wildman–Crippen LogP) is 4.00. The van der Waals surface area contributed by atoms with Crippen LogP contribution in [0.2, 0.25) is 5.02 Å². The fourth-order valence-corrected chi connectivity index (χ4v) is 3.71. The molecule has 148 valence electrons. The van der Waals surface area contributed by atoms with Gasteiger partial charge in [0.15, 0.2) is 0 Å². The van der Waals surface area contributed by atoms with Crippen LogP contribution in [0, 0.1) is 6.92 Å². The van der Waals surface area contributed by atoms with Crippen molar-refractivity contribution in [3.05, 3.63) is 77.1 Å². The van der Waals surface area contributed by atoms with Crippen LogP contribution >= 0.6 is 11.6 Å². The van der Waals surface area contributed by atoms with Crippen LogP contribution in [-0.2, 0) is 11.2 Å². The number of aromatic nitrogens is 2. The number of hydrogen-bond acceptors (Lipinski definition) is 4. The summed E-state index contributed by atoms with van der Waals surface area (Å²) in [6.45, 7) is 4.92. The van der Waals surface area contributed by atoms with E-state index in [1.165, 1.54) is 5.56 Å². The summed E-state index contributed by atoms with van der Waals surface area (Å²) in [5, 5.41) is 0.643. The molecule has 6 heteroatoms. The second kappa shape index (κ2) is 8.62. The highest BCUT2D eigenvalue weighted by Crippen LogP contribution is 2.22. The summed E-state index contributed by atoms with van der Waals surface area (Å²) in [5.41, 5.74) is 4.08. The van der Waals surface area contributed by atoms with Gasteiger partial charge in [-0.1, -0.05) is 59.6 Å². The summed E-state index contributed by atoms with van der Waals surface area (Å²) in [7, 11) is 0. The minimum Gasteiger partial charge on any atom is -0.353 e. The number of hydrogen-bond donors (Lipinski definition) is 0. The van der Waals surface area contributed by atoms with Crippen LogP contribution in [0.3, 0.4) is 0 Å². The molecule has 2 aromatic carbocycles. The Hall–Kier alpha value is -2.92. The Kier molecular flexibility index (Phi) is 5.76. The monoisotopic (exact) mass is 406 g/mol. The van der Waals surface area contributed by atoms with Crippen molar-refractivity contribution in [1.82, 2.24) is 14.9 Å². The van der Waals surface area contributed by atoms with Gasteiger partial charge in [0.05, 0.1) is 12.1 Å². The predicted molar refractivity (Wildman–Crippen MR) is 116 cm³/mol. The van der Waals surface area contributed by atoms with Gasteiger partial charge in [-0.25, -0.2) is 9.97 Å². The van der Waals surface area contributed by atoms with Gasteiger partial charge in [-0.05, 0) is 18.6 Å². The third-order valence-electron chi connectivity index (χ3n) is 5.26. The number of carbonyl (C=O) groups excluding carboxylic acids is 1. The Balaban J connectivity index is 1.39. The maximum absolute atomic E-state index is 12.7. The molecule has 2 heterocycles. The fraction of sp³-hybridized carbons (Fsp3) is 0.261. The van der Waals surface area contributed by atoms with E-state index in [4.69, 9.17) is 11.6 Å². The third-order valence-corrected chi connectivity index (χ3v) is 5.62. The number of amides is 1. The van der Waals surface area contributed by atoms with E-state index in [1.807, 2.05) is 35.2 Å². The van der Waals surface area contributed by atoms with E-state index in [9.17, 15) is 4.79 Å². The topological polar surface area (TPSA) is 49.3 Å². The molecule has 1 fully saturated rings. The maximum atomic E-state index is 12.7. The number of halogens is 1. The quantitative estimate of drug-likeness (QED) is 0.657. The molecule has 1 aliphatic rings. The minimum atomic E-state index is 0.112. The number of piperazine rings is 1. The average Bonchev–Trinajstić information content (AvgIpc) is 2.76. The first-order valence-corrected chi connectivity index (χ1v) is 10.1. The third kappa shape index (κ3) is 4.57. The summed E-state index contributed by atoms with van der Waals surface area (Å²) >= 11 is 6.19. The van der Waals surface area contributed by atoms with Crippen molar-refractivity contribution in [3.8, 4) is 11.3 Å². The van der Waals surface area contributed by atoms with Crippen molar-refractivity contribution in [1.29, 1.82) is 0 Å². The van der Waals surface area contributed by atoms with E-state index in [-0.39, 0.29) is 5.91 Å². The van der Waals surface area contributed by atoms with Crippen LogP contribution in [0.4, 0.5) is 5.82 Å². The van der Waals surface area contributed by atoms with Gasteiger partial charge in [0.2, 0.25) is 5.91 Å². The normalized spacial score (nSPS) is 14.1. The Morgan fingerprint density at radius 2 is 1.72 bits per heavy atom. The Morgan fingerprint density at radius 3 is 2.45 bits per heavy atom. The number of nitrogens with zero attached hydrogens (tertiary/aromatic N) is 4. The molecule has 4 rings (SSSR count). The van der Waals surface area contributed by atoms with E-state index in [0.29, 0.717) is 24.5 Å². The highest BCUT2D eigenvalue weighted by molar-refractivity contribution is 6.31. The SMILES string of the molecule is Cc1ccc(-c2cc(N3CCN(C(=O)Cc4ccccc4Cl)CC3)ncn2)cc1. The van der Waals surface area contributed by atoms with Gasteiger partial charge >= 0.3 is 0 Å². The highest BCUT2D eigenvalue weighted by Gasteiger charge is 2.22. The zero-order valence-electron chi connectivity index (χ0n) is 16.4. The molecule has 0 radical (unpaired) electrons. The smallest absolute Gasteiger partial charge is 0.227 e. The van der Waals surface area contributed by atoms with E-state index in [0.717, 1.165) is 35.7 Å². The lowest BCUT2D eigenvalue weighted by Gasteiger charge is -2.35. The molecular weight excluding hydrogens is 384 g/mol. The maximum Gasteiger partial charge on any atom is 0.227 e. The number of aryl methyl sites for hydroxylation is 1. The summed E-state index contributed by atoms with van der Waals surface area (Å²) in [4.78, 5) is 25.6. The second-order valence-corrected chi connectivity index (χ2v) is 7.67. The van der Waals surface area contributed by atoms with Crippen molar-refractivity contribution in [2.24, 2.45) is 0 Å². The highest BCUT2D eigenvalue weighted by atomic mass is 35.5. The van der Waals surface area contributed by atoms with Crippen molar-refractivity contribution in [2.45, 2.75) is 13.3 Å². The van der Waals surface area contributed by atoms with Crippen molar-refractivity contribution in [2.75, 3.05) is 31.1 Å². The largest absolute Gasteiger partial charge is 0.353 e. The summed E-state index contributed by atoms with van der Waals surface area (Å²) in [6, 6.07) is 17.9. The van der Waals surface area contributed by atoms with Gasteiger partial charge in [-0.2, -0.15) is 0 Å². The Labute approximate surface area is 176 Å². The van der Waals surface area contributed by atoms with Crippen molar-refractivity contribution in [3.63, 3.8) is 0 Å². The number of anilines is 1. The lowest BCUT2D eigenvalue weighted by Crippen LogP contribution is -2.49. The van der Waals surface area contributed by atoms with E-state index >= 15 is 0 Å². The van der Waals surface area contributed by atoms with E-state index in [1.54, 1.807) is 6.33 Å². The summed E-state index contributed by atoms with van der Waals surface area (Å²) in [6.07, 6.45) is 1.95. The molecule has 0 unspecified atom stereocenters. The molecule has 0 saturated carbocycles. The lowest BCUT2D eigenvalue weighted by molar-refractivity contribution is -0.130. The molecule has 29 heavy (non-hydrogen) atoms. The van der Waals surface area contributed by atoms with Crippen molar-refractivity contribution >= 4 is 23.3 Å². The second-order valence-electron chi connectivity index (χ2n) is 7.26. The molecule has 0 aliphatic carbocycles. The molecule has 1 aliphatic heterocycles. The first-order chi connectivity index (χ1) is 14.1. The van der Waals surface area contributed by atoms with Gasteiger partial charge < -0.3 is 9.80 Å². The Bertz CT molecular complexity index is 998. The number of carbonyl (C=O) groups is 1. The van der Waals surface area contributed by atoms with Crippen LogP contribution in [0.25, 0.3) is 11.3 Å². The van der Waals surface area contributed by atoms with Crippen LogP contribution in [-0.4, -0.2) is 47.0 Å². The molecule has 5 nitrogen and oxygen atoms in total. The van der Waals surface area contributed by atoms with Gasteiger partial charge in [0, 0.05) is 42.8 Å². The summed E-state index contributed by atoms with van der Waals surface area (Å²) < 4.78 is 0. The molecule has 0 N–H and O–H groups in total. The minimum absolute atomic E-state index is 0.112. The first kappa shape index (κ1) is 19.4.